The molecule has 1 N–H and O–H groups in total. The molecule has 0 spiro atoms. The zero-order valence-corrected chi connectivity index (χ0v) is 11.2. The van der Waals surface area contributed by atoms with Gasteiger partial charge in [0.25, 0.3) is 0 Å². The molecular weight excluding hydrogens is 244 g/mol. The zero-order valence-electron chi connectivity index (χ0n) is 9.58. The van der Waals surface area contributed by atoms with Crippen LogP contribution in [0.15, 0.2) is 23.1 Å². The summed E-state index contributed by atoms with van der Waals surface area (Å²) in [7, 11) is 0. The van der Waals surface area contributed by atoms with Gasteiger partial charge in [-0.3, -0.25) is 4.79 Å². The highest BCUT2D eigenvalue weighted by Crippen LogP contribution is 2.37. The van der Waals surface area contributed by atoms with Crippen LogP contribution in [-0.4, -0.2) is 15.8 Å². The van der Waals surface area contributed by atoms with Crippen LogP contribution < -0.4 is 0 Å². The summed E-state index contributed by atoms with van der Waals surface area (Å²) in [5, 5.41) is 9.65. The Bertz CT molecular complexity index is 402. The number of hydrogen-bond acceptors (Lipinski definition) is 2. The Morgan fingerprint density at radius 1 is 1.50 bits per heavy atom. The third-order valence-electron chi connectivity index (χ3n) is 2.28. The Labute approximate surface area is 105 Å². The van der Waals surface area contributed by atoms with Crippen molar-refractivity contribution in [2.24, 2.45) is 0 Å². The standard InChI is InChI=1S/C12H15ClO2S/c1-4-8-5-6-10(9(13)7-8)16-12(2,3)11(14)15/h5-7H,4H2,1-3H3,(H,14,15). The third kappa shape index (κ3) is 3.16. The second-order valence-corrected chi connectivity index (χ2v) is 6.11. The van der Waals surface area contributed by atoms with E-state index in [0.29, 0.717) is 5.02 Å². The van der Waals surface area contributed by atoms with Crippen LogP contribution in [0.2, 0.25) is 5.02 Å². The van der Waals surface area contributed by atoms with E-state index in [-0.39, 0.29) is 0 Å². The first kappa shape index (κ1) is 13.4. The van der Waals surface area contributed by atoms with Gasteiger partial charge in [-0.1, -0.05) is 24.6 Å². The average Bonchev–Trinajstić information content (AvgIpc) is 2.20. The third-order valence-corrected chi connectivity index (χ3v) is 3.97. The van der Waals surface area contributed by atoms with E-state index in [1.807, 2.05) is 18.2 Å². The minimum Gasteiger partial charge on any atom is -0.480 e. The number of halogens is 1. The summed E-state index contributed by atoms with van der Waals surface area (Å²) in [4.78, 5) is 11.8. The molecule has 0 amide bonds. The normalized spacial score (nSPS) is 11.5. The van der Waals surface area contributed by atoms with Gasteiger partial charge in [-0.05, 0) is 38.0 Å². The Hall–Kier alpha value is -0.670. The van der Waals surface area contributed by atoms with Gasteiger partial charge < -0.3 is 5.11 Å². The first-order chi connectivity index (χ1) is 7.36. The molecule has 1 aromatic carbocycles. The minimum atomic E-state index is -0.864. The van der Waals surface area contributed by atoms with E-state index >= 15 is 0 Å². The van der Waals surface area contributed by atoms with Crippen molar-refractivity contribution >= 4 is 29.3 Å². The first-order valence-electron chi connectivity index (χ1n) is 5.07. The van der Waals surface area contributed by atoms with Gasteiger partial charge in [-0.25, -0.2) is 0 Å². The Kier molecular flexibility index (Phi) is 4.28. The number of thioether (sulfide) groups is 1. The number of carboxylic acid groups (broad SMARTS) is 1. The molecule has 88 valence electrons. The van der Waals surface area contributed by atoms with Crippen LogP contribution in [-0.2, 0) is 11.2 Å². The lowest BCUT2D eigenvalue weighted by Gasteiger charge is -2.19. The van der Waals surface area contributed by atoms with E-state index in [0.717, 1.165) is 16.9 Å². The number of hydrogen-bond donors (Lipinski definition) is 1. The van der Waals surface area contributed by atoms with Gasteiger partial charge in [-0.2, -0.15) is 0 Å². The number of aryl methyl sites for hydroxylation is 1. The average molecular weight is 259 g/mol. The monoisotopic (exact) mass is 258 g/mol. The lowest BCUT2D eigenvalue weighted by molar-refractivity contribution is -0.138. The Balaban J connectivity index is 2.94. The highest BCUT2D eigenvalue weighted by molar-refractivity contribution is 8.01. The van der Waals surface area contributed by atoms with Crippen LogP contribution >= 0.6 is 23.4 Å². The molecule has 0 aromatic heterocycles. The molecule has 0 saturated heterocycles. The molecule has 0 fully saturated rings. The van der Waals surface area contributed by atoms with Gasteiger partial charge >= 0.3 is 5.97 Å². The lowest BCUT2D eigenvalue weighted by Crippen LogP contribution is -2.26. The predicted molar refractivity (Wildman–Crippen MR) is 68.4 cm³/mol. The van der Waals surface area contributed by atoms with Gasteiger partial charge in [0.15, 0.2) is 0 Å². The molecule has 0 unspecified atom stereocenters. The maximum Gasteiger partial charge on any atom is 0.319 e. The van der Waals surface area contributed by atoms with Gasteiger partial charge in [0, 0.05) is 4.90 Å². The second-order valence-electron chi connectivity index (χ2n) is 4.04. The van der Waals surface area contributed by atoms with Gasteiger partial charge in [0.05, 0.1) is 5.02 Å². The molecule has 2 nitrogen and oxygen atoms in total. The van der Waals surface area contributed by atoms with Crippen LogP contribution in [0, 0.1) is 0 Å². The molecule has 0 aliphatic heterocycles. The van der Waals surface area contributed by atoms with Crippen LogP contribution in [0.3, 0.4) is 0 Å². The fourth-order valence-corrected chi connectivity index (χ4v) is 2.41. The minimum absolute atomic E-state index is 0.624. The number of carbonyl (C=O) groups is 1. The van der Waals surface area contributed by atoms with Crippen molar-refractivity contribution < 1.29 is 9.90 Å². The lowest BCUT2D eigenvalue weighted by atomic mass is 10.2. The van der Waals surface area contributed by atoms with Crippen molar-refractivity contribution in [3.05, 3.63) is 28.8 Å². The van der Waals surface area contributed by atoms with Gasteiger partial charge in [0.2, 0.25) is 0 Å². The topological polar surface area (TPSA) is 37.3 Å². The predicted octanol–water partition coefficient (Wildman–Crippen LogP) is 3.86. The van der Waals surface area contributed by atoms with Crippen molar-refractivity contribution in [3.63, 3.8) is 0 Å². The Morgan fingerprint density at radius 2 is 2.12 bits per heavy atom. The van der Waals surface area contributed by atoms with Crippen molar-refractivity contribution in [2.45, 2.75) is 36.8 Å². The van der Waals surface area contributed by atoms with Crippen LogP contribution in [0.5, 0.6) is 0 Å². The summed E-state index contributed by atoms with van der Waals surface area (Å²) < 4.78 is -0.864. The van der Waals surface area contributed by atoms with E-state index in [1.54, 1.807) is 13.8 Å². The molecule has 0 radical (unpaired) electrons. The number of rotatable bonds is 4. The van der Waals surface area contributed by atoms with Crippen LogP contribution in [0.25, 0.3) is 0 Å². The van der Waals surface area contributed by atoms with E-state index in [9.17, 15) is 4.79 Å². The molecule has 4 heteroatoms. The number of carboxylic acids is 1. The highest BCUT2D eigenvalue weighted by Gasteiger charge is 2.29. The SMILES string of the molecule is CCc1ccc(SC(C)(C)C(=O)O)c(Cl)c1. The molecular formula is C12H15ClO2S. The molecule has 16 heavy (non-hydrogen) atoms. The first-order valence-corrected chi connectivity index (χ1v) is 6.27. The summed E-state index contributed by atoms with van der Waals surface area (Å²) in [6, 6.07) is 5.75. The summed E-state index contributed by atoms with van der Waals surface area (Å²) in [6.07, 6.45) is 0.924. The summed E-state index contributed by atoms with van der Waals surface area (Å²) in [6.45, 7) is 5.40. The zero-order chi connectivity index (χ0) is 12.3. The molecule has 1 rings (SSSR count). The van der Waals surface area contributed by atoms with E-state index < -0.39 is 10.7 Å². The summed E-state index contributed by atoms with van der Waals surface area (Å²) >= 11 is 7.37. The molecule has 0 bridgehead atoms. The fraction of sp³-hybridized carbons (Fsp3) is 0.417. The largest absolute Gasteiger partial charge is 0.480 e. The smallest absolute Gasteiger partial charge is 0.319 e. The van der Waals surface area contributed by atoms with Crippen molar-refractivity contribution in [1.29, 1.82) is 0 Å². The highest BCUT2D eigenvalue weighted by atomic mass is 35.5. The van der Waals surface area contributed by atoms with Crippen molar-refractivity contribution in [1.82, 2.24) is 0 Å². The van der Waals surface area contributed by atoms with Crippen molar-refractivity contribution in [2.75, 3.05) is 0 Å². The number of benzene rings is 1. The molecule has 0 heterocycles. The van der Waals surface area contributed by atoms with E-state index in [2.05, 4.69) is 6.92 Å². The fourth-order valence-electron chi connectivity index (χ4n) is 1.17. The summed E-state index contributed by atoms with van der Waals surface area (Å²) in [5.41, 5.74) is 1.16. The van der Waals surface area contributed by atoms with E-state index in [4.69, 9.17) is 16.7 Å². The van der Waals surface area contributed by atoms with Gasteiger partial charge in [-0.15, -0.1) is 11.8 Å². The molecule has 0 atom stereocenters. The second kappa shape index (κ2) is 5.11. The van der Waals surface area contributed by atoms with Crippen LogP contribution in [0.1, 0.15) is 26.3 Å². The molecule has 0 aliphatic rings. The quantitative estimate of drug-likeness (QED) is 0.834. The van der Waals surface area contributed by atoms with E-state index in [1.165, 1.54) is 11.8 Å². The maximum absolute atomic E-state index is 11.0. The Morgan fingerprint density at radius 3 is 2.56 bits per heavy atom. The van der Waals surface area contributed by atoms with Crippen LogP contribution in [0.4, 0.5) is 0 Å². The van der Waals surface area contributed by atoms with Crippen molar-refractivity contribution in [3.8, 4) is 0 Å². The summed E-state index contributed by atoms with van der Waals surface area (Å²) in [5.74, 6) is -0.840. The molecule has 0 aliphatic carbocycles. The van der Waals surface area contributed by atoms with Gasteiger partial charge in [0.1, 0.15) is 4.75 Å². The maximum atomic E-state index is 11.0. The molecule has 0 saturated carbocycles. The number of aliphatic carboxylic acids is 1. The molecule has 1 aromatic rings.